The second-order valence-corrected chi connectivity index (χ2v) is 4.71. The van der Waals surface area contributed by atoms with E-state index in [1.807, 2.05) is 4.90 Å². The fourth-order valence-electron chi connectivity index (χ4n) is 2.35. The maximum atomic E-state index is 12.4. The predicted octanol–water partition coefficient (Wildman–Crippen LogP) is 2.20. The molecule has 0 aromatic carbocycles. The van der Waals surface area contributed by atoms with E-state index in [2.05, 4.69) is 10.2 Å². The molecule has 2 rings (SSSR count). The quantitative estimate of drug-likeness (QED) is 0.898. The van der Waals surface area contributed by atoms with E-state index in [1.54, 1.807) is 0 Å². The van der Waals surface area contributed by atoms with Gasteiger partial charge in [0.1, 0.15) is 0 Å². The molecule has 1 aromatic heterocycles. The average molecular weight is 274 g/mol. The zero-order chi connectivity index (χ0) is 13.9. The van der Waals surface area contributed by atoms with Crippen molar-refractivity contribution < 1.29 is 13.2 Å². The molecular formula is C12H17F3N4. The maximum Gasteiger partial charge on any atom is 0.435 e. The van der Waals surface area contributed by atoms with Gasteiger partial charge in [0.15, 0.2) is 11.5 Å². The lowest BCUT2D eigenvalue weighted by Gasteiger charge is -2.29. The van der Waals surface area contributed by atoms with Gasteiger partial charge >= 0.3 is 6.18 Å². The highest BCUT2D eigenvalue weighted by Gasteiger charge is 2.33. The van der Waals surface area contributed by atoms with Gasteiger partial charge in [-0.15, -0.1) is 10.2 Å². The van der Waals surface area contributed by atoms with Crippen LogP contribution in [-0.4, -0.2) is 29.3 Å². The lowest BCUT2D eigenvalue weighted by Crippen LogP contribution is -2.40. The Bertz CT molecular complexity index is 404. The van der Waals surface area contributed by atoms with Crippen LogP contribution in [0, 0.1) is 0 Å². The average Bonchev–Trinajstić information content (AvgIpc) is 2.62. The number of rotatable bonds is 2. The smallest absolute Gasteiger partial charge is 0.351 e. The third-order valence-corrected chi connectivity index (χ3v) is 3.38. The van der Waals surface area contributed by atoms with Gasteiger partial charge in [0.25, 0.3) is 0 Å². The Morgan fingerprint density at radius 1 is 1.21 bits per heavy atom. The maximum absolute atomic E-state index is 12.4. The standard InChI is InChI=1S/C12H17F3N4/c13-12(14,15)10-5-6-11(18-17-10)19-7-3-1-2-4-9(19)8-16/h5-6,9H,1-4,7-8,16H2. The minimum absolute atomic E-state index is 0.133. The van der Waals surface area contributed by atoms with Crippen LogP contribution in [0.5, 0.6) is 0 Å². The van der Waals surface area contributed by atoms with E-state index in [0.717, 1.165) is 38.3 Å². The lowest BCUT2D eigenvalue weighted by molar-refractivity contribution is -0.141. The second kappa shape index (κ2) is 5.73. The van der Waals surface area contributed by atoms with Crippen LogP contribution in [0.4, 0.5) is 19.0 Å². The summed E-state index contributed by atoms with van der Waals surface area (Å²) >= 11 is 0. The summed E-state index contributed by atoms with van der Waals surface area (Å²) in [4.78, 5) is 1.97. The first kappa shape index (κ1) is 14.0. The first-order valence-corrected chi connectivity index (χ1v) is 6.40. The summed E-state index contributed by atoms with van der Waals surface area (Å²) in [6.07, 6.45) is -0.302. The van der Waals surface area contributed by atoms with Gasteiger partial charge in [-0.2, -0.15) is 13.2 Å². The summed E-state index contributed by atoms with van der Waals surface area (Å²) in [5, 5.41) is 6.98. The molecule has 1 fully saturated rings. The molecule has 0 saturated carbocycles. The molecule has 1 atom stereocenters. The third kappa shape index (κ3) is 3.34. The van der Waals surface area contributed by atoms with E-state index < -0.39 is 11.9 Å². The molecule has 1 aliphatic heterocycles. The van der Waals surface area contributed by atoms with Gasteiger partial charge in [0, 0.05) is 19.1 Å². The van der Waals surface area contributed by atoms with Crippen molar-refractivity contribution >= 4 is 5.82 Å². The Hall–Kier alpha value is -1.37. The number of alkyl halides is 3. The van der Waals surface area contributed by atoms with Crippen LogP contribution in [-0.2, 0) is 6.18 Å². The van der Waals surface area contributed by atoms with Gasteiger partial charge in [-0.3, -0.25) is 0 Å². The van der Waals surface area contributed by atoms with E-state index in [-0.39, 0.29) is 6.04 Å². The fraction of sp³-hybridized carbons (Fsp3) is 0.667. The fourth-order valence-corrected chi connectivity index (χ4v) is 2.35. The minimum Gasteiger partial charge on any atom is -0.351 e. The summed E-state index contributed by atoms with van der Waals surface area (Å²) in [6, 6.07) is 2.48. The number of hydrogen-bond donors (Lipinski definition) is 1. The zero-order valence-corrected chi connectivity index (χ0v) is 10.5. The van der Waals surface area contributed by atoms with Crippen molar-refractivity contribution in [2.24, 2.45) is 5.73 Å². The molecule has 7 heteroatoms. The molecule has 4 nitrogen and oxygen atoms in total. The molecule has 1 unspecified atom stereocenters. The summed E-state index contributed by atoms with van der Waals surface area (Å²) in [6.45, 7) is 1.24. The molecule has 1 aliphatic rings. The normalized spacial score (nSPS) is 21.3. The number of nitrogens with two attached hydrogens (primary N) is 1. The molecule has 106 valence electrons. The third-order valence-electron chi connectivity index (χ3n) is 3.38. The second-order valence-electron chi connectivity index (χ2n) is 4.71. The Morgan fingerprint density at radius 3 is 2.58 bits per heavy atom. The van der Waals surface area contributed by atoms with Gasteiger partial charge < -0.3 is 10.6 Å². The first-order chi connectivity index (χ1) is 9.02. The highest BCUT2D eigenvalue weighted by molar-refractivity contribution is 5.39. The Kier molecular flexibility index (Phi) is 4.24. The first-order valence-electron chi connectivity index (χ1n) is 6.40. The number of hydrogen-bond acceptors (Lipinski definition) is 4. The van der Waals surface area contributed by atoms with Crippen molar-refractivity contribution in [1.29, 1.82) is 0 Å². The Labute approximate surface area is 109 Å². The van der Waals surface area contributed by atoms with Gasteiger partial charge in [-0.25, -0.2) is 0 Å². The highest BCUT2D eigenvalue weighted by atomic mass is 19.4. The SMILES string of the molecule is NCC1CCCCCN1c1ccc(C(F)(F)F)nn1. The Morgan fingerprint density at radius 2 is 2.00 bits per heavy atom. The van der Waals surface area contributed by atoms with Crippen molar-refractivity contribution in [3.63, 3.8) is 0 Å². The number of halogens is 3. The van der Waals surface area contributed by atoms with Crippen molar-refractivity contribution in [2.75, 3.05) is 18.0 Å². The van der Waals surface area contributed by atoms with Gasteiger partial charge in [-0.05, 0) is 25.0 Å². The lowest BCUT2D eigenvalue weighted by atomic mass is 10.1. The molecule has 1 saturated heterocycles. The minimum atomic E-state index is -4.45. The van der Waals surface area contributed by atoms with Crippen LogP contribution < -0.4 is 10.6 Å². The predicted molar refractivity (Wildman–Crippen MR) is 65.7 cm³/mol. The molecule has 0 aliphatic carbocycles. The van der Waals surface area contributed by atoms with Gasteiger partial charge in [0.2, 0.25) is 0 Å². The summed E-state index contributed by atoms with van der Waals surface area (Å²) in [5.74, 6) is 0.477. The van der Waals surface area contributed by atoms with Crippen LogP contribution >= 0.6 is 0 Å². The van der Waals surface area contributed by atoms with Crippen LogP contribution in [0.15, 0.2) is 12.1 Å². The molecule has 19 heavy (non-hydrogen) atoms. The van der Waals surface area contributed by atoms with E-state index in [1.165, 1.54) is 6.07 Å². The largest absolute Gasteiger partial charge is 0.435 e. The van der Waals surface area contributed by atoms with Crippen LogP contribution in [0.2, 0.25) is 0 Å². The molecule has 0 spiro atoms. The topological polar surface area (TPSA) is 55.0 Å². The molecular weight excluding hydrogens is 257 g/mol. The summed E-state index contributed by atoms with van der Waals surface area (Å²) in [7, 11) is 0. The van der Waals surface area contributed by atoms with E-state index in [9.17, 15) is 13.2 Å². The molecule has 0 amide bonds. The zero-order valence-electron chi connectivity index (χ0n) is 10.5. The Balaban J connectivity index is 2.19. The van der Waals surface area contributed by atoms with Crippen LogP contribution in [0.25, 0.3) is 0 Å². The van der Waals surface area contributed by atoms with Crippen molar-refractivity contribution in [1.82, 2.24) is 10.2 Å². The van der Waals surface area contributed by atoms with Crippen molar-refractivity contribution in [3.8, 4) is 0 Å². The van der Waals surface area contributed by atoms with Crippen LogP contribution in [0.3, 0.4) is 0 Å². The molecule has 2 heterocycles. The van der Waals surface area contributed by atoms with Crippen LogP contribution in [0.1, 0.15) is 31.4 Å². The number of aromatic nitrogens is 2. The van der Waals surface area contributed by atoms with E-state index in [0.29, 0.717) is 12.4 Å². The number of nitrogens with zero attached hydrogens (tertiary/aromatic N) is 3. The van der Waals surface area contributed by atoms with Gasteiger partial charge in [-0.1, -0.05) is 12.8 Å². The number of anilines is 1. The molecule has 2 N–H and O–H groups in total. The van der Waals surface area contributed by atoms with E-state index in [4.69, 9.17) is 5.73 Å². The molecule has 0 radical (unpaired) electrons. The molecule has 1 aromatic rings. The van der Waals surface area contributed by atoms with Gasteiger partial charge in [0.05, 0.1) is 0 Å². The summed E-state index contributed by atoms with van der Waals surface area (Å²) < 4.78 is 37.3. The molecule has 0 bridgehead atoms. The monoisotopic (exact) mass is 274 g/mol. The van der Waals surface area contributed by atoms with Crippen molar-refractivity contribution in [3.05, 3.63) is 17.8 Å². The highest BCUT2D eigenvalue weighted by Crippen LogP contribution is 2.28. The van der Waals surface area contributed by atoms with E-state index >= 15 is 0 Å². The van der Waals surface area contributed by atoms with Crippen molar-refractivity contribution in [2.45, 2.75) is 37.9 Å². The summed E-state index contributed by atoms with van der Waals surface area (Å²) in [5.41, 5.74) is 4.77.